The van der Waals surface area contributed by atoms with Crippen LogP contribution in [0.25, 0.3) is 0 Å². The van der Waals surface area contributed by atoms with Gasteiger partial charge in [-0.15, -0.1) is 12.4 Å². The molecule has 0 radical (unpaired) electrons. The number of nitrogens with zero attached hydrogens (tertiary/aromatic N) is 1. The number of aryl methyl sites for hydroxylation is 1. The van der Waals surface area contributed by atoms with E-state index in [1.807, 2.05) is 0 Å². The molecule has 0 aliphatic carbocycles. The summed E-state index contributed by atoms with van der Waals surface area (Å²) in [6.07, 6.45) is 3.78. The van der Waals surface area contributed by atoms with Crippen LogP contribution in [0.2, 0.25) is 0 Å². The molecule has 80 valence electrons. The van der Waals surface area contributed by atoms with Crippen LogP contribution in [0.1, 0.15) is 25.3 Å². The lowest BCUT2D eigenvalue weighted by atomic mass is 10.1. The molecule has 0 N–H and O–H groups in total. The van der Waals surface area contributed by atoms with Crippen LogP contribution in [0, 0.1) is 0 Å². The first kappa shape index (κ1) is 13.3. The van der Waals surface area contributed by atoms with Crippen molar-refractivity contribution in [2.45, 2.75) is 26.2 Å². The Kier molecular flexibility index (Phi) is 6.39. The van der Waals surface area contributed by atoms with Gasteiger partial charge in [-0.25, -0.2) is 0 Å². The van der Waals surface area contributed by atoms with Crippen molar-refractivity contribution < 1.29 is 0 Å². The van der Waals surface area contributed by atoms with Gasteiger partial charge in [-0.3, -0.25) is 0 Å². The van der Waals surface area contributed by atoms with E-state index in [-0.39, 0.29) is 12.4 Å². The van der Waals surface area contributed by atoms with Crippen LogP contribution < -0.4 is 4.90 Å². The first-order valence-electron chi connectivity index (χ1n) is 5.00. The molecule has 2 heteroatoms. The summed E-state index contributed by atoms with van der Waals surface area (Å²) in [6.45, 7) is 2.23. The van der Waals surface area contributed by atoms with Crippen LogP contribution in [0.4, 0.5) is 5.69 Å². The summed E-state index contributed by atoms with van der Waals surface area (Å²) in [7, 11) is 4.14. The molecule has 0 spiro atoms. The van der Waals surface area contributed by atoms with E-state index in [1.165, 1.54) is 30.5 Å². The van der Waals surface area contributed by atoms with E-state index in [1.54, 1.807) is 0 Å². The Balaban J connectivity index is 0.00000169. The number of hydrogen-bond acceptors (Lipinski definition) is 1. The first-order valence-corrected chi connectivity index (χ1v) is 5.00. The molecule has 0 unspecified atom stereocenters. The third kappa shape index (κ3) is 4.01. The fourth-order valence-electron chi connectivity index (χ4n) is 1.34. The van der Waals surface area contributed by atoms with Gasteiger partial charge in [0.2, 0.25) is 0 Å². The maximum atomic E-state index is 2.23. The van der Waals surface area contributed by atoms with Gasteiger partial charge in [-0.2, -0.15) is 0 Å². The molecule has 0 atom stereocenters. The van der Waals surface area contributed by atoms with Crippen molar-refractivity contribution in [1.29, 1.82) is 0 Å². The molecular formula is C12H20ClN. The Bertz CT molecular complexity index is 241. The number of rotatable bonds is 4. The van der Waals surface area contributed by atoms with Gasteiger partial charge >= 0.3 is 0 Å². The summed E-state index contributed by atoms with van der Waals surface area (Å²) in [5.74, 6) is 0. The molecule has 0 bridgehead atoms. The second-order valence-electron chi connectivity index (χ2n) is 3.66. The van der Waals surface area contributed by atoms with Crippen molar-refractivity contribution in [1.82, 2.24) is 0 Å². The summed E-state index contributed by atoms with van der Waals surface area (Å²) in [5, 5.41) is 0. The highest BCUT2D eigenvalue weighted by molar-refractivity contribution is 5.85. The van der Waals surface area contributed by atoms with E-state index in [2.05, 4.69) is 50.2 Å². The standard InChI is InChI=1S/C12H19N.ClH/c1-4-5-6-11-7-9-12(10-8-11)13(2)3;/h7-10H,4-6H2,1-3H3;1H. The van der Waals surface area contributed by atoms with Gasteiger partial charge < -0.3 is 4.90 Å². The van der Waals surface area contributed by atoms with Gasteiger partial charge in [0.05, 0.1) is 0 Å². The molecule has 1 aromatic carbocycles. The molecule has 0 saturated heterocycles. The fourth-order valence-corrected chi connectivity index (χ4v) is 1.34. The summed E-state index contributed by atoms with van der Waals surface area (Å²) in [6, 6.07) is 8.83. The summed E-state index contributed by atoms with van der Waals surface area (Å²) < 4.78 is 0. The molecule has 1 aromatic rings. The van der Waals surface area contributed by atoms with Crippen LogP contribution in [-0.2, 0) is 6.42 Å². The van der Waals surface area contributed by atoms with Crippen molar-refractivity contribution in [3.8, 4) is 0 Å². The molecule has 0 aromatic heterocycles. The number of benzene rings is 1. The van der Waals surface area contributed by atoms with E-state index in [0.29, 0.717) is 0 Å². The van der Waals surface area contributed by atoms with Crippen LogP contribution in [0.15, 0.2) is 24.3 Å². The molecule has 0 fully saturated rings. The highest BCUT2D eigenvalue weighted by Gasteiger charge is 1.95. The normalized spacial score (nSPS) is 9.36. The highest BCUT2D eigenvalue weighted by Crippen LogP contribution is 2.13. The minimum absolute atomic E-state index is 0. The number of unbranched alkanes of at least 4 members (excludes halogenated alkanes) is 1. The minimum atomic E-state index is 0. The quantitative estimate of drug-likeness (QED) is 0.740. The Morgan fingerprint density at radius 1 is 1.07 bits per heavy atom. The second-order valence-corrected chi connectivity index (χ2v) is 3.66. The van der Waals surface area contributed by atoms with Gasteiger partial charge in [0, 0.05) is 19.8 Å². The number of hydrogen-bond donors (Lipinski definition) is 0. The largest absolute Gasteiger partial charge is 0.378 e. The molecule has 14 heavy (non-hydrogen) atoms. The van der Waals surface area contributed by atoms with E-state index in [4.69, 9.17) is 0 Å². The lowest BCUT2D eigenvalue weighted by Crippen LogP contribution is -2.08. The Labute approximate surface area is 93.5 Å². The predicted octanol–water partition coefficient (Wildman–Crippen LogP) is 3.52. The maximum Gasteiger partial charge on any atom is 0.0361 e. The zero-order valence-electron chi connectivity index (χ0n) is 9.29. The molecule has 0 aliphatic rings. The minimum Gasteiger partial charge on any atom is -0.378 e. The van der Waals surface area contributed by atoms with Crippen LogP contribution in [0.5, 0.6) is 0 Å². The van der Waals surface area contributed by atoms with Crippen molar-refractivity contribution >= 4 is 18.1 Å². The van der Waals surface area contributed by atoms with Crippen molar-refractivity contribution in [2.24, 2.45) is 0 Å². The predicted molar refractivity (Wildman–Crippen MR) is 66.6 cm³/mol. The smallest absolute Gasteiger partial charge is 0.0361 e. The summed E-state index contributed by atoms with van der Waals surface area (Å²) >= 11 is 0. The van der Waals surface area contributed by atoms with E-state index in [0.717, 1.165) is 0 Å². The van der Waals surface area contributed by atoms with Gasteiger partial charge in [-0.05, 0) is 30.5 Å². The zero-order chi connectivity index (χ0) is 9.68. The zero-order valence-corrected chi connectivity index (χ0v) is 10.1. The summed E-state index contributed by atoms with van der Waals surface area (Å²) in [4.78, 5) is 2.13. The van der Waals surface area contributed by atoms with Gasteiger partial charge in [0.15, 0.2) is 0 Å². The molecule has 1 rings (SSSR count). The monoisotopic (exact) mass is 213 g/mol. The average Bonchev–Trinajstić information content (AvgIpc) is 2.15. The summed E-state index contributed by atoms with van der Waals surface area (Å²) in [5.41, 5.74) is 2.73. The van der Waals surface area contributed by atoms with Crippen molar-refractivity contribution in [3.05, 3.63) is 29.8 Å². The maximum absolute atomic E-state index is 2.23. The lowest BCUT2D eigenvalue weighted by molar-refractivity contribution is 0.795. The number of anilines is 1. The van der Waals surface area contributed by atoms with Crippen LogP contribution in [0.3, 0.4) is 0 Å². The van der Waals surface area contributed by atoms with Gasteiger partial charge in [0.25, 0.3) is 0 Å². The van der Waals surface area contributed by atoms with E-state index in [9.17, 15) is 0 Å². The Hall–Kier alpha value is -0.690. The second kappa shape index (κ2) is 6.72. The first-order chi connectivity index (χ1) is 6.24. The highest BCUT2D eigenvalue weighted by atomic mass is 35.5. The molecular weight excluding hydrogens is 194 g/mol. The van der Waals surface area contributed by atoms with Crippen molar-refractivity contribution in [3.63, 3.8) is 0 Å². The average molecular weight is 214 g/mol. The van der Waals surface area contributed by atoms with E-state index >= 15 is 0 Å². The van der Waals surface area contributed by atoms with Gasteiger partial charge in [0.1, 0.15) is 0 Å². The third-order valence-electron chi connectivity index (χ3n) is 2.27. The fraction of sp³-hybridized carbons (Fsp3) is 0.500. The topological polar surface area (TPSA) is 3.24 Å². The van der Waals surface area contributed by atoms with Crippen LogP contribution in [-0.4, -0.2) is 14.1 Å². The molecule has 0 aliphatic heterocycles. The SMILES string of the molecule is CCCCc1ccc(N(C)C)cc1.Cl. The molecule has 0 amide bonds. The molecule has 1 nitrogen and oxygen atoms in total. The van der Waals surface area contributed by atoms with E-state index < -0.39 is 0 Å². The Morgan fingerprint density at radius 2 is 1.64 bits per heavy atom. The number of halogens is 1. The van der Waals surface area contributed by atoms with Crippen LogP contribution >= 0.6 is 12.4 Å². The Morgan fingerprint density at radius 3 is 2.07 bits per heavy atom. The molecule has 0 saturated carbocycles. The third-order valence-corrected chi connectivity index (χ3v) is 2.27. The van der Waals surface area contributed by atoms with Crippen molar-refractivity contribution in [2.75, 3.05) is 19.0 Å². The lowest BCUT2D eigenvalue weighted by Gasteiger charge is -2.12. The van der Waals surface area contributed by atoms with Gasteiger partial charge in [-0.1, -0.05) is 25.5 Å². The molecule has 0 heterocycles.